The van der Waals surface area contributed by atoms with Crippen LogP contribution in [0.5, 0.6) is 0 Å². The highest BCUT2D eigenvalue weighted by atomic mass is 19.1. The SMILES string of the molecule is Cn1nc(CC2CCCC2)c(-c2ccccc2F)c1N. The first-order valence-corrected chi connectivity index (χ1v) is 7.23. The normalized spacial score (nSPS) is 15.9. The molecule has 0 unspecified atom stereocenters. The van der Waals surface area contributed by atoms with E-state index in [9.17, 15) is 4.39 Å². The molecule has 0 amide bonds. The topological polar surface area (TPSA) is 43.8 Å². The smallest absolute Gasteiger partial charge is 0.131 e. The van der Waals surface area contributed by atoms with Gasteiger partial charge in [-0.05, 0) is 18.4 Å². The predicted octanol–water partition coefficient (Wildman–Crippen LogP) is 3.54. The van der Waals surface area contributed by atoms with Crippen molar-refractivity contribution in [3.05, 3.63) is 35.8 Å². The number of aromatic nitrogens is 2. The van der Waals surface area contributed by atoms with Gasteiger partial charge >= 0.3 is 0 Å². The van der Waals surface area contributed by atoms with Crippen molar-refractivity contribution < 1.29 is 4.39 Å². The van der Waals surface area contributed by atoms with E-state index in [2.05, 4.69) is 5.10 Å². The van der Waals surface area contributed by atoms with Crippen LogP contribution in [-0.2, 0) is 13.5 Å². The number of nitrogen functional groups attached to an aromatic ring is 1. The minimum absolute atomic E-state index is 0.236. The van der Waals surface area contributed by atoms with Gasteiger partial charge in [-0.15, -0.1) is 0 Å². The Hall–Kier alpha value is -1.84. The van der Waals surface area contributed by atoms with Crippen LogP contribution in [0.4, 0.5) is 10.2 Å². The second kappa shape index (κ2) is 5.27. The summed E-state index contributed by atoms with van der Waals surface area (Å²) in [5, 5.41) is 4.52. The molecule has 4 heteroatoms. The lowest BCUT2D eigenvalue weighted by atomic mass is 9.96. The van der Waals surface area contributed by atoms with Gasteiger partial charge in [-0.1, -0.05) is 43.9 Å². The average Bonchev–Trinajstić information content (AvgIpc) is 3.02. The number of rotatable bonds is 3. The van der Waals surface area contributed by atoms with E-state index >= 15 is 0 Å². The van der Waals surface area contributed by atoms with Gasteiger partial charge in [0.15, 0.2) is 0 Å². The molecule has 0 atom stereocenters. The van der Waals surface area contributed by atoms with Crippen LogP contribution in [0.1, 0.15) is 31.4 Å². The van der Waals surface area contributed by atoms with Crippen molar-refractivity contribution in [2.45, 2.75) is 32.1 Å². The Bertz CT molecular complexity index is 612. The fraction of sp³-hybridized carbons (Fsp3) is 0.438. The molecule has 1 saturated carbocycles. The molecule has 0 saturated heterocycles. The lowest BCUT2D eigenvalue weighted by Crippen LogP contribution is -2.01. The summed E-state index contributed by atoms with van der Waals surface area (Å²) in [7, 11) is 1.82. The van der Waals surface area contributed by atoms with Gasteiger partial charge in [0.25, 0.3) is 0 Å². The summed E-state index contributed by atoms with van der Waals surface area (Å²) in [5.41, 5.74) is 8.38. The van der Waals surface area contributed by atoms with Gasteiger partial charge in [-0.3, -0.25) is 4.68 Å². The molecule has 0 radical (unpaired) electrons. The third-order valence-corrected chi connectivity index (χ3v) is 4.26. The number of benzene rings is 1. The van der Waals surface area contributed by atoms with E-state index in [0.29, 0.717) is 17.3 Å². The van der Waals surface area contributed by atoms with Gasteiger partial charge in [0.05, 0.1) is 5.69 Å². The maximum Gasteiger partial charge on any atom is 0.131 e. The zero-order chi connectivity index (χ0) is 14.1. The van der Waals surface area contributed by atoms with Crippen LogP contribution in [0.25, 0.3) is 11.1 Å². The first-order valence-electron chi connectivity index (χ1n) is 7.23. The molecule has 1 aliphatic carbocycles. The Kier molecular flexibility index (Phi) is 3.47. The van der Waals surface area contributed by atoms with Crippen LogP contribution in [-0.4, -0.2) is 9.78 Å². The molecule has 1 aromatic carbocycles. The van der Waals surface area contributed by atoms with Gasteiger partial charge in [0, 0.05) is 18.2 Å². The van der Waals surface area contributed by atoms with E-state index in [-0.39, 0.29) is 5.82 Å². The van der Waals surface area contributed by atoms with Crippen LogP contribution in [0.3, 0.4) is 0 Å². The van der Waals surface area contributed by atoms with Gasteiger partial charge in [-0.2, -0.15) is 5.10 Å². The molecule has 1 aliphatic rings. The Morgan fingerprint density at radius 2 is 2.00 bits per heavy atom. The molecule has 0 aliphatic heterocycles. The molecular formula is C16H20FN3. The Labute approximate surface area is 118 Å². The second-order valence-electron chi connectivity index (χ2n) is 5.66. The number of anilines is 1. The fourth-order valence-corrected chi connectivity index (χ4v) is 3.18. The van der Waals surface area contributed by atoms with E-state index in [4.69, 9.17) is 5.73 Å². The Balaban J connectivity index is 2.02. The molecule has 3 nitrogen and oxygen atoms in total. The van der Waals surface area contributed by atoms with Gasteiger partial charge in [0.1, 0.15) is 11.6 Å². The second-order valence-corrected chi connectivity index (χ2v) is 5.66. The lowest BCUT2D eigenvalue weighted by Gasteiger charge is -2.09. The van der Waals surface area contributed by atoms with Gasteiger partial charge in [-0.25, -0.2) is 4.39 Å². The molecule has 20 heavy (non-hydrogen) atoms. The van der Waals surface area contributed by atoms with Crippen molar-refractivity contribution in [2.24, 2.45) is 13.0 Å². The molecule has 1 aromatic heterocycles. The van der Waals surface area contributed by atoms with Gasteiger partial charge < -0.3 is 5.73 Å². The standard InChI is InChI=1S/C16H20FN3/c1-20-16(18)15(12-8-4-5-9-13(12)17)14(19-20)10-11-6-2-3-7-11/h4-5,8-9,11H,2-3,6-7,10,18H2,1H3. The van der Waals surface area contributed by atoms with Crippen molar-refractivity contribution in [2.75, 3.05) is 5.73 Å². The molecule has 3 rings (SSSR count). The summed E-state index contributed by atoms with van der Waals surface area (Å²) in [4.78, 5) is 0. The maximum absolute atomic E-state index is 14.1. The molecular weight excluding hydrogens is 253 g/mol. The minimum atomic E-state index is -0.236. The number of hydrogen-bond acceptors (Lipinski definition) is 2. The molecule has 1 fully saturated rings. The predicted molar refractivity (Wildman–Crippen MR) is 78.7 cm³/mol. The summed E-state index contributed by atoms with van der Waals surface area (Å²) in [6, 6.07) is 6.79. The number of nitrogens with two attached hydrogens (primary N) is 1. The summed E-state index contributed by atoms with van der Waals surface area (Å²) in [6.07, 6.45) is 5.97. The minimum Gasteiger partial charge on any atom is -0.383 e. The molecule has 106 valence electrons. The van der Waals surface area contributed by atoms with E-state index in [1.807, 2.05) is 13.1 Å². The fourth-order valence-electron chi connectivity index (χ4n) is 3.18. The zero-order valence-electron chi connectivity index (χ0n) is 11.8. The van der Waals surface area contributed by atoms with Crippen molar-refractivity contribution in [3.8, 4) is 11.1 Å². The zero-order valence-corrected chi connectivity index (χ0v) is 11.8. The largest absolute Gasteiger partial charge is 0.383 e. The third-order valence-electron chi connectivity index (χ3n) is 4.26. The van der Waals surface area contributed by atoms with Crippen molar-refractivity contribution in [3.63, 3.8) is 0 Å². The van der Waals surface area contributed by atoms with Crippen LogP contribution in [0.2, 0.25) is 0 Å². The molecule has 2 N–H and O–H groups in total. The first-order chi connectivity index (χ1) is 9.66. The monoisotopic (exact) mass is 273 g/mol. The Morgan fingerprint density at radius 1 is 1.30 bits per heavy atom. The molecule has 2 aromatic rings. The first kappa shape index (κ1) is 13.2. The number of hydrogen-bond donors (Lipinski definition) is 1. The summed E-state index contributed by atoms with van der Waals surface area (Å²) >= 11 is 0. The third kappa shape index (κ3) is 2.30. The van der Waals surface area contributed by atoms with E-state index in [1.54, 1.807) is 16.8 Å². The number of aryl methyl sites for hydroxylation is 1. The summed E-state index contributed by atoms with van der Waals surface area (Å²) < 4.78 is 15.7. The van der Waals surface area contributed by atoms with E-state index in [0.717, 1.165) is 17.7 Å². The lowest BCUT2D eigenvalue weighted by molar-refractivity contribution is 0.534. The van der Waals surface area contributed by atoms with Crippen LogP contribution < -0.4 is 5.73 Å². The average molecular weight is 273 g/mol. The Morgan fingerprint density at radius 3 is 2.70 bits per heavy atom. The van der Waals surface area contributed by atoms with Crippen molar-refractivity contribution in [1.29, 1.82) is 0 Å². The van der Waals surface area contributed by atoms with Crippen LogP contribution in [0.15, 0.2) is 24.3 Å². The van der Waals surface area contributed by atoms with Crippen LogP contribution >= 0.6 is 0 Å². The number of nitrogens with zero attached hydrogens (tertiary/aromatic N) is 2. The van der Waals surface area contributed by atoms with Crippen molar-refractivity contribution in [1.82, 2.24) is 9.78 Å². The van der Waals surface area contributed by atoms with E-state index in [1.165, 1.54) is 31.7 Å². The highest BCUT2D eigenvalue weighted by Gasteiger charge is 2.23. The maximum atomic E-state index is 14.1. The molecule has 0 bridgehead atoms. The quantitative estimate of drug-likeness (QED) is 0.929. The molecule has 1 heterocycles. The van der Waals surface area contributed by atoms with Crippen LogP contribution in [0, 0.1) is 11.7 Å². The highest BCUT2D eigenvalue weighted by molar-refractivity contribution is 5.77. The summed E-state index contributed by atoms with van der Waals surface area (Å²) in [6.45, 7) is 0. The van der Waals surface area contributed by atoms with Gasteiger partial charge in [0.2, 0.25) is 0 Å². The number of halogens is 1. The highest BCUT2D eigenvalue weighted by Crippen LogP contribution is 2.35. The van der Waals surface area contributed by atoms with E-state index < -0.39 is 0 Å². The summed E-state index contributed by atoms with van der Waals surface area (Å²) in [5.74, 6) is 0.970. The molecule has 0 spiro atoms. The van der Waals surface area contributed by atoms with Crippen molar-refractivity contribution >= 4 is 5.82 Å².